The maximum absolute atomic E-state index is 11.6. The van der Waals surface area contributed by atoms with E-state index in [9.17, 15) is 9.59 Å². The monoisotopic (exact) mass is 236 g/mol. The van der Waals surface area contributed by atoms with Gasteiger partial charge in [0.1, 0.15) is 0 Å². The molecule has 3 N–H and O–H groups in total. The molecule has 1 aromatic carbocycles. The average Bonchev–Trinajstić information content (AvgIpc) is 2.30. The Labute approximate surface area is 99.9 Å². The quantitative estimate of drug-likeness (QED) is 0.602. The number of ether oxygens (including phenoxy) is 1. The number of carbonyl (C=O) groups is 2. The molecule has 1 rings (SSSR count). The Morgan fingerprint density at radius 2 is 1.94 bits per heavy atom. The largest absolute Gasteiger partial charge is 0.449 e. The summed E-state index contributed by atoms with van der Waals surface area (Å²) in [5.41, 5.74) is 6.44. The fourth-order valence-corrected chi connectivity index (χ4v) is 1.22. The van der Waals surface area contributed by atoms with Crippen LogP contribution in [0.3, 0.4) is 0 Å². The van der Waals surface area contributed by atoms with Crippen molar-refractivity contribution in [2.45, 2.75) is 20.0 Å². The summed E-state index contributed by atoms with van der Waals surface area (Å²) in [7, 11) is 0. The van der Waals surface area contributed by atoms with Crippen LogP contribution in [-0.4, -0.2) is 24.5 Å². The van der Waals surface area contributed by atoms with Gasteiger partial charge in [-0.3, -0.25) is 4.79 Å². The summed E-state index contributed by atoms with van der Waals surface area (Å²) in [6.45, 7) is 3.83. The van der Waals surface area contributed by atoms with Crippen molar-refractivity contribution in [1.82, 2.24) is 5.32 Å². The Balaban J connectivity index is 2.60. The molecule has 17 heavy (non-hydrogen) atoms. The number of nitrogens with two attached hydrogens (primary N) is 1. The lowest BCUT2D eigenvalue weighted by Crippen LogP contribution is -2.35. The molecule has 0 aliphatic carbocycles. The number of nitrogens with one attached hydrogen (secondary N) is 1. The standard InChI is InChI=1S/C12H16N2O3/c1-3-14-11(15)8(2)17-12(16)9-4-6-10(13)7-5-9/h4-8H,3,13H2,1-2H3,(H,14,15)/t8-/m0/s1. The maximum atomic E-state index is 11.6. The van der Waals surface area contributed by atoms with E-state index in [0.717, 1.165) is 0 Å². The Bertz CT molecular complexity index is 401. The summed E-state index contributed by atoms with van der Waals surface area (Å²) in [5, 5.41) is 2.58. The number of anilines is 1. The second-order valence-corrected chi connectivity index (χ2v) is 3.56. The van der Waals surface area contributed by atoms with Crippen molar-refractivity contribution in [3.8, 4) is 0 Å². The Morgan fingerprint density at radius 1 is 1.35 bits per heavy atom. The Hall–Kier alpha value is -2.04. The van der Waals surface area contributed by atoms with Crippen LogP contribution in [0.2, 0.25) is 0 Å². The van der Waals surface area contributed by atoms with Gasteiger partial charge in [0.25, 0.3) is 5.91 Å². The zero-order valence-corrected chi connectivity index (χ0v) is 9.90. The van der Waals surface area contributed by atoms with E-state index < -0.39 is 12.1 Å². The number of rotatable bonds is 4. The van der Waals surface area contributed by atoms with Crippen LogP contribution in [0.25, 0.3) is 0 Å². The van der Waals surface area contributed by atoms with E-state index in [0.29, 0.717) is 17.8 Å². The van der Waals surface area contributed by atoms with Crippen molar-refractivity contribution >= 4 is 17.6 Å². The van der Waals surface area contributed by atoms with Crippen LogP contribution in [0.5, 0.6) is 0 Å². The predicted octanol–water partition coefficient (Wildman–Crippen LogP) is 0.950. The van der Waals surface area contributed by atoms with Crippen LogP contribution in [0.1, 0.15) is 24.2 Å². The zero-order chi connectivity index (χ0) is 12.8. The van der Waals surface area contributed by atoms with Gasteiger partial charge in [-0.25, -0.2) is 4.79 Å². The highest BCUT2D eigenvalue weighted by Crippen LogP contribution is 2.08. The Morgan fingerprint density at radius 3 is 2.47 bits per heavy atom. The van der Waals surface area contributed by atoms with Crippen LogP contribution >= 0.6 is 0 Å². The number of hydrogen-bond acceptors (Lipinski definition) is 4. The predicted molar refractivity (Wildman–Crippen MR) is 64.4 cm³/mol. The van der Waals surface area contributed by atoms with E-state index in [1.54, 1.807) is 31.2 Å². The smallest absolute Gasteiger partial charge is 0.338 e. The zero-order valence-electron chi connectivity index (χ0n) is 9.90. The van der Waals surface area contributed by atoms with E-state index in [1.807, 2.05) is 0 Å². The Kier molecular flexibility index (Phi) is 4.51. The van der Waals surface area contributed by atoms with Gasteiger partial charge in [0.05, 0.1) is 5.56 Å². The molecule has 0 saturated carbocycles. The summed E-state index contributed by atoms with van der Waals surface area (Å²) in [6, 6.07) is 6.32. The lowest BCUT2D eigenvalue weighted by molar-refractivity contribution is -0.128. The second kappa shape index (κ2) is 5.89. The third-order valence-electron chi connectivity index (χ3n) is 2.15. The minimum absolute atomic E-state index is 0.309. The molecule has 0 saturated heterocycles. The number of hydrogen-bond donors (Lipinski definition) is 2. The van der Waals surface area contributed by atoms with Crippen molar-refractivity contribution in [3.63, 3.8) is 0 Å². The fourth-order valence-electron chi connectivity index (χ4n) is 1.22. The first kappa shape index (κ1) is 13.0. The molecule has 0 fully saturated rings. The molecule has 0 radical (unpaired) electrons. The molecule has 92 valence electrons. The second-order valence-electron chi connectivity index (χ2n) is 3.56. The number of esters is 1. The summed E-state index contributed by atoms with van der Waals surface area (Å²) in [6.07, 6.45) is -0.806. The fraction of sp³-hybridized carbons (Fsp3) is 0.333. The van der Waals surface area contributed by atoms with Crippen LogP contribution in [0.15, 0.2) is 24.3 Å². The summed E-state index contributed by atoms with van der Waals surface area (Å²) in [5.74, 6) is -0.847. The van der Waals surface area contributed by atoms with Gasteiger partial charge in [0.2, 0.25) is 0 Å². The molecule has 0 aromatic heterocycles. The molecule has 5 nitrogen and oxygen atoms in total. The molecular formula is C12H16N2O3. The van der Waals surface area contributed by atoms with E-state index in [-0.39, 0.29) is 5.91 Å². The van der Waals surface area contributed by atoms with Crippen LogP contribution in [0, 0.1) is 0 Å². The highest BCUT2D eigenvalue weighted by Gasteiger charge is 2.17. The normalized spacial score (nSPS) is 11.6. The average molecular weight is 236 g/mol. The molecule has 0 unspecified atom stereocenters. The molecule has 1 amide bonds. The third kappa shape index (κ3) is 3.79. The van der Waals surface area contributed by atoms with Gasteiger partial charge in [-0.15, -0.1) is 0 Å². The van der Waals surface area contributed by atoms with Crippen molar-refractivity contribution in [3.05, 3.63) is 29.8 Å². The lowest BCUT2D eigenvalue weighted by atomic mass is 10.2. The maximum Gasteiger partial charge on any atom is 0.338 e. The van der Waals surface area contributed by atoms with E-state index in [2.05, 4.69) is 5.32 Å². The van der Waals surface area contributed by atoms with Gasteiger partial charge < -0.3 is 15.8 Å². The minimum Gasteiger partial charge on any atom is -0.449 e. The molecule has 5 heteroatoms. The summed E-state index contributed by atoms with van der Waals surface area (Å²) >= 11 is 0. The van der Waals surface area contributed by atoms with Crippen molar-refractivity contribution in [2.75, 3.05) is 12.3 Å². The molecule has 0 spiro atoms. The first-order chi connectivity index (χ1) is 8.04. The van der Waals surface area contributed by atoms with E-state index >= 15 is 0 Å². The number of likely N-dealkylation sites (N-methyl/N-ethyl adjacent to an activating group) is 1. The highest BCUT2D eigenvalue weighted by atomic mass is 16.5. The van der Waals surface area contributed by atoms with Gasteiger partial charge in [-0.1, -0.05) is 0 Å². The van der Waals surface area contributed by atoms with Gasteiger partial charge >= 0.3 is 5.97 Å². The number of nitrogen functional groups attached to an aromatic ring is 1. The first-order valence-electron chi connectivity index (χ1n) is 5.38. The topological polar surface area (TPSA) is 81.4 Å². The third-order valence-corrected chi connectivity index (χ3v) is 2.15. The molecule has 0 bridgehead atoms. The lowest BCUT2D eigenvalue weighted by Gasteiger charge is -2.12. The summed E-state index contributed by atoms with van der Waals surface area (Å²) < 4.78 is 5.00. The van der Waals surface area contributed by atoms with E-state index in [4.69, 9.17) is 10.5 Å². The molecule has 0 aliphatic heterocycles. The summed E-state index contributed by atoms with van der Waals surface area (Å²) in [4.78, 5) is 23.0. The van der Waals surface area contributed by atoms with Crippen LogP contribution < -0.4 is 11.1 Å². The van der Waals surface area contributed by atoms with Gasteiger partial charge in [0, 0.05) is 12.2 Å². The van der Waals surface area contributed by atoms with Crippen molar-refractivity contribution < 1.29 is 14.3 Å². The van der Waals surface area contributed by atoms with Crippen LogP contribution in [0.4, 0.5) is 5.69 Å². The van der Waals surface area contributed by atoms with Crippen molar-refractivity contribution in [1.29, 1.82) is 0 Å². The minimum atomic E-state index is -0.806. The molecule has 1 aromatic rings. The number of carbonyl (C=O) groups excluding carboxylic acids is 2. The van der Waals surface area contributed by atoms with Gasteiger partial charge in [-0.2, -0.15) is 0 Å². The van der Waals surface area contributed by atoms with Gasteiger partial charge in [-0.05, 0) is 38.1 Å². The SMILES string of the molecule is CCNC(=O)[C@H](C)OC(=O)c1ccc(N)cc1. The first-order valence-corrected chi connectivity index (χ1v) is 5.38. The van der Waals surface area contributed by atoms with E-state index in [1.165, 1.54) is 6.92 Å². The number of benzene rings is 1. The molecule has 0 heterocycles. The molecule has 0 aliphatic rings. The highest BCUT2D eigenvalue weighted by molar-refractivity contribution is 5.92. The van der Waals surface area contributed by atoms with Gasteiger partial charge in [0.15, 0.2) is 6.10 Å². The van der Waals surface area contributed by atoms with Crippen LogP contribution in [-0.2, 0) is 9.53 Å². The number of amides is 1. The molecular weight excluding hydrogens is 220 g/mol. The molecule has 1 atom stereocenters. The van der Waals surface area contributed by atoms with Crippen molar-refractivity contribution in [2.24, 2.45) is 0 Å².